The summed E-state index contributed by atoms with van der Waals surface area (Å²) in [6, 6.07) is 0.876. The maximum Gasteiger partial charge on any atom is 0.0689 e. The van der Waals surface area contributed by atoms with E-state index in [0.717, 1.165) is 6.04 Å². The Bertz CT molecular complexity index is 125. The maximum absolute atomic E-state index is 4.05. The molecule has 12 heavy (non-hydrogen) atoms. The molecule has 2 nitrogen and oxygen atoms in total. The number of rotatable bonds is 0. The number of hydrogen-bond acceptors (Lipinski definition) is 1. The first-order valence-corrected chi connectivity index (χ1v) is 5.27. The van der Waals surface area contributed by atoms with E-state index in [-0.39, 0.29) is 0 Å². The van der Waals surface area contributed by atoms with Gasteiger partial charge in [0.25, 0.3) is 0 Å². The van der Waals surface area contributed by atoms with Crippen molar-refractivity contribution in [2.75, 3.05) is 26.2 Å². The molecule has 0 aliphatic carbocycles. The lowest BCUT2D eigenvalue weighted by atomic mass is 10.2. The average Bonchev–Trinajstić information content (AvgIpc) is 2.54. The Balaban J connectivity index is 0.000000336. The van der Waals surface area contributed by atoms with E-state index in [1.54, 1.807) is 0 Å². The van der Waals surface area contributed by atoms with Gasteiger partial charge in [-0.2, -0.15) is 7.05 Å². The molecule has 2 saturated heterocycles. The highest BCUT2D eigenvalue weighted by molar-refractivity contribution is 4.80. The van der Waals surface area contributed by atoms with Crippen LogP contribution >= 0.6 is 0 Å². The van der Waals surface area contributed by atoms with Gasteiger partial charge in [0, 0.05) is 6.54 Å². The van der Waals surface area contributed by atoms with Gasteiger partial charge in [0.15, 0.2) is 0 Å². The second-order valence-corrected chi connectivity index (χ2v) is 3.54. The SMILES string of the molecule is CC.[CH2-][NH+]1CCN2CCCC2C1. The van der Waals surface area contributed by atoms with Crippen LogP contribution in [0.1, 0.15) is 26.7 Å². The zero-order chi connectivity index (χ0) is 8.97. The van der Waals surface area contributed by atoms with Crippen LogP contribution in [-0.2, 0) is 0 Å². The first kappa shape index (κ1) is 10.0. The molecule has 0 saturated carbocycles. The van der Waals surface area contributed by atoms with Gasteiger partial charge in [-0.15, -0.1) is 0 Å². The normalized spacial score (nSPS) is 35.2. The number of hydrogen-bond donors (Lipinski definition) is 1. The standard InChI is InChI=1S/C8H16N2.C2H6/c1-9-5-6-10-4-2-3-8(10)7-9;1-2/h8-9H,1-7H2;1-2H3. The summed E-state index contributed by atoms with van der Waals surface area (Å²) in [5.41, 5.74) is 0. The number of nitrogens with one attached hydrogen (secondary N) is 1. The van der Waals surface area contributed by atoms with E-state index in [4.69, 9.17) is 0 Å². The van der Waals surface area contributed by atoms with Crippen LogP contribution in [0, 0.1) is 7.05 Å². The molecule has 2 atom stereocenters. The molecule has 0 amide bonds. The summed E-state index contributed by atoms with van der Waals surface area (Å²) >= 11 is 0. The fourth-order valence-corrected chi connectivity index (χ4v) is 2.16. The van der Waals surface area contributed by atoms with Crippen LogP contribution in [0.5, 0.6) is 0 Å². The van der Waals surface area contributed by atoms with Crippen LogP contribution in [0.15, 0.2) is 0 Å². The van der Waals surface area contributed by atoms with Gasteiger partial charge in [-0.25, -0.2) is 0 Å². The molecule has 2 fully saturated rings. The lowest BCUT2D eigenvalue weighted by molar-refractivity contribution is -0.862. The van der Waals surface area contributed by atoms with E-state index in [1.165, 1.54) is 43.9 Å². The van der Waals surface area contributed by atoms with Crippen molar-refractivity contribution in [3.8, 4) is 0 Å². The summed E-state index contributed by atoms with van der Waals surface area (Å²) in [5.74, 6) is 0. The summed E-state index contributed by atoms with van der Waals surface area (Å²) in [7, 11) is 4.05. The van der Waals surface area contributed by atoms with Crippen molar-refractivity contribution in [1.29, 1.82) is 0 Å². The van der Waals surface area contributed by atoms with Crippen LogP contribution in [0.3, 0.4) is 0 Å². The zero-order valence-corrected chi connectivity index (χ0v) is 8.47. The molecule has 2 aliphatic heterocycles. The Morgan fingerprint density at radius 1 is 1.33 bits per heavy atom. The second-order valence-electron chi connectivity index (χ2n) is 3.54. The quantitative estimate of drug-likeness (QED) is 0.509. The van der Waals surface area contributed by atoms with Crippen LogP contribution in [0.4, 0.5) is 0 Å². The number of quaternary nitrogens is 1. The smallest absolute Gasteiger partial charge is 0.0689 e. The molecule has 0 radical (unpaired) electrons. The lowest BCUT2D eigenvalue weighted by Crippen LogP contribution is -3.10. The van der Waals surface area contributed by atoms with Gasteiger partial charge in [-0.05, 0) is 19.4 Å². The largest absolute Gasteiger partial charge is 0.465 e. The van der Waals surface area contributed by atoms with Crippen molar-refractivity contribution in [2.45, 2.75) is 32.7 Å². The van der Waals surface area contributed by atoms with Gasteiger partial charge >= 0.3 is 0 Å². The summed E-state index contributed by atoms with van der Waals surface area (Å²) in [4.78, 5) is 4.09. The first-order chi connectivity index (χ1) is 5.86. The molecule has 0 bridgehead atoms. The third-order valence-corrected chi connectivity index (χ3v) is 2.78. The predicted octanol–water partition coefficient (Wildman–Crippen LogP) is 0.167. The molecule has 72 valence electrons. The number of piperazine rings is 1. The first-order valence-electron chi connectivity index (χ1n) is 5.27. The zero-order valence-electron chi connectivity index (χ0n) is 8.47. The maximum atomic E-state index is 4.05. The molecule has 2 unspecified atom stereocenters. The average molecular weight is 170 g/mol. The molecule has 2 aliphatic rings. The van der Waals surface area contributed by atoms with Crippen molar-refractivity contribution in [3.63, 3.8) is 0 Å². The van der Waals surface area contributed by atoms with Gasteiger partial charge in [-0.1, -0.05) is 13.8 Å². The van der Waals surface area contributed by atoms with Crippen molar-refractivity contribution in [3.05, 3.63) is 7.05 Å². The van der Waals surface area contributed by atoms with Crippen LogP contribution < -0.4 is 4.90 Å². The van der Waals surface area contributed by atoms with Crippen molar-refractivity contribution in [1.82, 2.24) is 4.90 Å². The fraction of sp³-hybridized carbons (Fsp3) is 0.900. The lowest BCUT2D eigenvalue weighted by Gasteiger charge is -2.36. The highest BCUT2D eigenvalue weighted by Gasteiger charge is 2.29. The van der Waals surface area contributed by atoms with Crippen LogP contribution in [0.25, 0.3) is 0 Å². The highest BCUT2D eigenvalue weighted by Crippen LogP contribution is 2.15. The van der Waals surface area contributed by atoms with Crippen molar-refractivity contribution in [2.24, 2.45) is 0 Å². The summed E-state index contributed by atoms with van der Waals surface area (Å²) < 4.78 is 0. The van der Waals surface area contributed by atoms with Gasteiger partial charge in [0.1, 0.15) is 0 Å². The van der Waals surface area contributed by atoms with E-state index < -0.39 is 0 Å². The third-order valence-electron chi connectivity index (χ3n) is 2.78. The van der Waals surface area contributed by atoms with E-state index in [0.29, 0.717) is 0 Å². The molecule has 2 heterocycles. The Morgan fingerprint density at radius 2 is 2.08 bits per heavy atom. The summed E-state index contributed by atoms with van der Waals surface area (Å²) in [6.07, 6.45) is 2.83. The molecular formula is C10H22N2. The van der Waals surface area contributed by atoms with Crippen molar-refractivity contribution < 1.29 is 4.90 Å². The molecule has 2 heteroatoms. The fourth-order valence-electron chi connectivity index (χ4n) is 2.16. The van der Waals surface area contributed by atoms with Crippen LogP contribution in [0.2, 0.25) is 0 Å². The van der Waals surface area contributed by atoms with E-state index in [1.807, 2.05) is 13.8 Å². The molecular weight excluding hydrogens is 148 g/mol. The molecule has 0 aromatic carbocycles. The van der Waals surface area contributed by atoms with Gasteiger partial charge in [-0.3, -0.25) is 4.90 Å². The minimum absolute atomic E-state index is 0.876. The monoisotopic (exact) mass is 170 g/mol. The highest BCUT2D eigenvalue weighted by atomic mass is 15.3. The minimum Gasteiger partial charge on any atom is -0.465 e. The van der Waals surface area contributed by atoms with E-state index >= 15 is 0 Å². The minimum atomic E-state index is 0.876. The second kappa shape index (κ2) is 4.83. The number of nitrogens with zero attached hydrogens (tertiary/aromatic N) is 1. The Hall–Kier alpha value is -0.0800. The topological polar surface area (TPSA) is 7.68 Å². The predicted molar refractivity (Wildman–Crippen MR) is 52.0 cm³/mol. The summed E-state index contributed by atoms with van der Waals surface area (Å²) in [5, 5.41) is 0. The van der Waals surface area contributed by atoms with E-state index in [2.05, 4.69) is 11.9 Å². The summed E-state index contributed by atoms with van der Waals surface area (Å²) in [6.45, 7) is 9.15. The molecule has 0 spiro atoms. The number of fused-ring (bicyclic) bond motifs is 1. The van der Waals surface area contributed by atoms with E-state index in [9.17, 15) is 0 Å². The Kier molecular flexibility index (Phi) is 4.02. The molecule has 2 rings (SSSR count). The third kappa shape index (κ3) is 2.20. The van der Waals surface area contributed by atoms with Gasteiger partial charge in [0.05, 0.1) is 19.1 Å². The Labute approximate surface area is 76.5 Å². The van der Waals surface area contributed by atoms with Crippen molar-refractivity contribution >= 4 is 0 Å². The van der Waals surface area contributed by atoms with Gasteiger partial charge in [0.2, 0.25) is 0 Å². The molecule has 0 aromatic rings. The van der Waals surface area contributed by atoms with Gasteiger partial charge < -0.3 is 4.90 Å². The molecule has 0 aromatic heterocycles. The Morgan fingerprint density at radius 3 is 2.83 bits per heavy atom. The molecule has 1 N–H and O–H groups in total. The van der Waals surface area contributed by atoms with Crippen LogP contribution in [-0.4, -0.2) is 37.1 Å².